The zero-order chi connectivity index (χ0) is 23.6. The minimum absolute atomic E-state index is 0.132. The molecule has 0 heterocycles. The summed E-state index contributed by atoms with van der Waals surface area (Å²) in [6.45, 7) is 0. The van der Waals surface area contributed by atoms with Crippen LogP contribution in [0, 0.1) is 0 Å². The Labute approximate surface area is 191 Å². The van der Waals surface area contributed by atoms with Gasteiger partial charge in [-0.1, -0.05) is 72.8 Å². The van der Waals surface area contributed by atoms with Gasteiger partial charge in [-0.05, 0) is 35.4 Å². The highest BCUT2D eigenvalue weighted by Gasteiger charge is 2.25. The first-order valence-electron chi connectivity index (χ1n) is 9.66. The minimum Gasteiger partial charge on any atom is -0.506 e. The molecule has 168 valence electrons. The molecule has 0 saturated heterocycles. The monoisotopic (exact) mass is 482 g/mol. The van der Waals surface area contributed by atoms with Gasteiger partial charge in [0.1, 0.15) is 10.6 Å². The maximum atomic E-state index is 13.1. The van der Waals surface area contributed by atoms with Crippen molar-refractivity contribution in [1.82, 2.24) is 0 Å². The minimum atomic E-state index is -4.53. The number of hydrogen-bond acceptors (Lipinski definition) is 6. The van der Waals surface area contributed by atoms with E-state index in [0.29, 0.717) is 16.7 Å². The molecule has 2 N–H and O–H groups in total. The standard InChI is InChI=1S/C24H18O7S2/c25-24-20(17-8-3-1-4-9-17)12-7-13-23(24)33(29,30)31-22-15-14-19(32(26,27)28)16-21(22)18-10-5-2-6-11-18/h1-16,25H,(H,26,27,28). The zero-order valence-corrected chi connectivity index (χ0v) is 18.6. The van der Waals surface area contributed by atoms with Crippen molar-refractivity contribution in [2.24, 2.45) is 0 Å². The fourth-order valence-corrected chi connectivity index (χ4v) is 4.89. The first-order valence-corrected chi connectivity index (χ1v) is 12.5. The number of phenols is 1. The molecule has 4 aromatic carbocycles. The van der Waals surface area contributed by atoms with Gasteiger partial charge >= 0.3 is 10.1 Å². The molecular weight excluding hydrogens is 464 g/mol. The van der Waals surface area contributed by atoms with Crippen molar-refractivity contribution in [3.63, 3.8) is 0 Å². The van der Waals surface area contributed by atoms with Gasteiger partial charge in [-0.15, -0.1) is 0 Å². The molecule has 33 heavy (non-hydrogen) atoms. The van der Waals surface area contributed by atoms with Crippen molar-refractivity contribution in [2.75, 3.05) is 0 Å². The first kappa shape index (κ1) is 22.5. The molecule has 0 bridgehead atoms. The van der Waals surface area contributed by atoms with Crippen molar-refractivity contribution in [2.45, 2.75) is 9.79 Å². The van der Waals surface area contributed by atoms with Gasteiger partial charge in [0.15, 0.2) is 5.75 Å². The summed E-state index contributed by atoms with van der Waals surface area (Å²) in [5.74, 6) is -0.641. The van der Waals surface area contributed by atoms with Crippen LogP contribution in [-0.4, -0.2) is 26.5 Å². The van der Waals surface area contributed by atoms with Crippen LogP contribution in [0.4, 0.5) is 0 Å². The van der Waals surface area contributed by atoms with Gasteiger partial charge in [0, 0.05) is 11.1 Å². The van der Waals surface area contributed by atoms with E-state index >= 15 is 0 Å². The van der Waals surface area contributed by atoms with Crippen molar-refractivity contribution in [3.8, 4) is 33.8 Å². The lowest BCUT2D eigenvalue weighted by atomic mass is 10.1. The summed E-state index contributed by atoms with van der Waals surface area (Å²) >= 11 is 0. The van der Waals surface area contributed by atoms with E-state index in [9.17, 15) is 26.5 Å². The number of benzene rings is 4. The summed E-state index contributed by atoms with van der Waals surface area (Å²) in [5, 5.41) is 10.7. The Hall–Kier alpha value is -3.66. The number of rotatable bonds is 6. The molecule has 0 unspecified atom stereocenters. The van der Waals surface area contributed by atoms with E-state index in [0.717, 1.165) is 18.2 Å². The molecule has 0 aliphatic carbocycles. The third-order valence-corrected chi connectivity index (χ3v) is 7.00. The Balaban J connectivity index is 1.81. The molecule has 0 amide bonds. The molecular formula is C24H18O7S2. The van der Waals surface area contributed by atoms with Crippen molar-refractivity contribution in [1.29, 1.82) is 0 Å². The van der Waals surface area contributed by atoms with Gasteiger partial charge in [0.25, 0.3) is 10.1 Å². The quantitative estimate of drug-likeness (QED) is 0.301. The number of phenolic OH excluding ortho intramolecular Hbond substituents is 1. The van der Waals surface area contributed by atoms with Gasteiger partial charge < -0.3 is 9.29 Å². The summed E-state index contributed by atoms with van der Waals surface area (Å²) in [4.78, 5) is -0.859. The van der Waals surface area contributed by atoms with Crippen LogP contribution in [0.3, 0.4) is 0 Å². The summed E-state index contributed by atoms with van der Waals surface area (Å²) < 4.78 is 64.2. The van der Waals surface area contributed by atoms with Gasteiger partial charge in [0.2, 0.25) is 0 Å². The molecule has 0 saturated carbocycles. The Morgan fingerprint density at radius 1 is 0.636 bits per heavy atom. The average molecular weight is 483 g/mol. The normalized spacial score (nSPS) is 11.8. The van der Waals surface area contributed by atoms with Gasteiger partial charge in [-0.25, -0.2) is 0 Å². The van der Waals surface area contributed by atoms with Crippen molar-refractivity contribution < 1.29 is 30.7 Å². The van der Waals surface area contributed by atoms with Crippen LogP contribution in [0.2, 0.25) is 0 Å². The van der Waals surface area contributed by atoms with E-state index in [1.807, 2.05) is 0 Å². The van der Waals surface area contributed by atoms with E-state index in [1.54, 1.807) is 66.7 Å². The van der Waals surface area contributed by atoms with Gasteiger partial charge in [-0.2, -0.15) is 16.8 Å². The van der Waals surface area contributed by atoms with E-state index in [2.05, 4.69) is 0 Å². The lowest BCUT2D eigenvalue weighted by molar-refractivity contribution is 0.446. The second-order valence-corrected chi connectivity index (χ2v) is 9.99. The van der Waals surface area contributed by atoms with Crippen LogP contribution >= 0.6 is 0 Å². The van der Waals surface area contributed by atoms with Crippen molar-refractivity contribution >= 4 is 20.2 Å². The van der Waals surface area contributed by atoms with Crippen LogP contribution in [0.25, 0.3) is 22.3 Å². The van der Waals surface area contributed by atoms with E-state index in [4.69, 9.17) is 4.18 Å². The topological polar surface area (TPSA) is 118 Å². The first-order chi connectivity index (χ1) is 15.7. The van der Waals surface area contributed by atoms with E-state index in [1.165, 1.54) is 12.1 Å². The maximum Gasteiger partial charge on any atom is 0.342 e. The zero-order valence-electron chi connectivity index (χ0n) is 17.0. The lowest BCUT2D eigenvalue weighted by Gasteiger charge is -2.15. The van der Waals surface area contributed by atoms with Crippen LogP contribution in [0.1, 0.15) is 0 Å². The summed E-state index contributed by atoms with van der Waals surface area (Å²) in [7, 11) is -9.05. The maximum absolute atomic E-state index is 13.1. The molecule has 0 atom stereocenters. The summed E-state index contributed by atoms with van der Waals surface area (Å²) in [6.07, 6.45) is 0. The molecule has 4 aromatic rings. The largest absolute Gasteiger partial charge is 0.506 e. The Kier molecular flexibility index (Phi) is 5.94. The Morgan fingerprint density at radius 2 is 1.21 bits per heavy atom. The molecule has 0 aliphatic rings. The van der Waals surface area contributed by atoms with Crippen LogP contribution < -0.4 is 4.18 Å². The number of aromatic hydroxyl groups is 1. The highest BCUT2D eigenvalue weighted by Crippen LogP contribution is 2.38. The second-order valence-electron chi connectivity index (χ2n) is 7.05. The van der Waals surface area contributed by atoms with Crippen molar-refractivity contribution in [3.05, 3.63) is 97.1 Å². The number of para-hydroxylation sites is 1. The molecule has 4 rings (SSSR count). The molecule has 7 nitrogen and oxygen atoms in total. The highest BCUT2D eigenvalue weighted by atomic mass is 32.2. The molecule has 9 heteroatoms. The second kappa shape index (κ2) is 8.70. The molecule has 0 aliphatic heterocycles. The third kappa shape index (κ3) is 4.75. The fourth-order valence-electron chi connectivity index (χ4n) is 3.32. The van der Waals surface area contributed by atoms with Crippen LogP contribution in [-0.2, 0) is 20.2 Å². The van der Waals surface area contributed by atoms with Crippen LogP contribution in [0.15, 0.2) is 107 Å². The fraction of sp³-hybridized carbons (Fsp3) is 0. The van der Waals surface area contributed by atoms with Gasteiger partial charge in [0.05, 0.1) is 4.90 Å². The Bertz CT molecular complexity index is 1510. The highest BCUT2D eigenvalue weighted by molar-refractivity contribution is 7.87. The molecule has 0 radical (unpaired) electrons. The summed E-state index contributed by atoms with van der Waals surface area (Å²) in [5.41, 5.74) is 1.53. The molecule has 0 spiro atoms. The SMILES string of the molecule is O=S(=O)(O)c1ccc(OS(=O)(=O)c2cccc(-c3ccccc3)c2O)c(-c2ccccc2)c1. The van der Waals surface area contributed by atoms with Gasteiger partial charge in [-0.3, -0.25) is 4.55 Å². The molecule has 0 fully saturated rings. The lowest BCUT2D eigenvalue weighted by Crippen LogP contribution is -2.11. The van der Waals surface area contributed by atoms with E-state index in [-0.39, 0.29) is 11.3 Å². The van der Waals surface area contributed by atoms with E-state index < -0.39 is 35.8 Å². The average Bonchev–Trinajstić information content (AvgIpc) is 2.79. The number of hydrogen-bond donors (Lipinski definition) is 2. The molecule has 0 aromatic heterocycles. The summed E-state index contributed by atoms with van der Waals surface area (Å²) in [6, 6.07) is 24.7. The Morgan fingerprint density at radius 3 is 1.79 bits per heavy atom. The predicted molar refractivity (Wildman–Crippen MR) is 123 cm³/mol. The smallest absolute Gasteiger partial charge is 0.342 e. The third-order valence-electron chi connectivity index (χ3n) is 4.89. The predicted octanol–water partition coefficient (Wildman–Crippen LogP) is 4.74. The van der Waals surface area contributed by atoms with Crippen LogP contribution in [0.5, 0.6) is 11.5 Å².